The molecule has 2 aromatic carbocycles. The summed E-state index contributed by atoms with van der Waals surface area (Å²) in [7, 11) is 0. The summed E-state index contributed by atoms with van der Waals surface area (Å²) >= 11 is 0. The van der Waals surface area contributed by atoms with E-state index in [2.05, 4.69) is 43.6 Å². The molecule has 6 heteroatoms. The molecule has 0 heterocycles. The van der Waals surface area contributed by atoms with E-state index in [9.17, 15) is 14.4 Å². The van der Waals surface area contributed by atoms with Crippen molar-refractivity contribution in [1.82, 2.24) is 0 Å². The summed E-state index contributed by atoms with van der Waals surface area (Å²) in [5, 5.41) is 8.68. The lowest BCUT2D eigenvalue weighted by Gasteiger charge is -2.10. The Bertz CT molecular complexity index is 1020. The zero-order chi connectivity index (χ0) is 22.4. The summed E-state index contributed by atoms with van der Waals surface area (Å²) < 4.78 is 0. The molecule has 0 aliphatic heterocycles. The number of benzene rings is 2. The Morgan fingerprint density at radius 1 is 0.645 bits per heavy atom. The Kier molecular flexibility index (Phi) is 5.12. The summed E-state index contributed by atoms with van der Waals surface area (Å²) in [5.74, 6) is -0.0500. The lowest BCUT2D eigenvalue weighted by molar-refractivity contribution is -0.118. The first kappa shape index (κ1) is 21.1. The maximum Gasteiger partial charge on any atom is 0.255 e. The van der Waals surface area contributed by atoms with Crippen molar-refractivity contribution in [2.45, 2.75) is 40.5 Å². The number of rotatable bonds is 6. The topological polar surface area (TPSA) is 87.3 Å². The number of carbonyl (C=O) groups excluding carboxylic acids is 3. The average molecular weight is 420 g/mol. The van der Waals surface area contributed by atoms with Crippen LogP contribution in [0, 0.1) is 22.7 Å². The van der Waals surface area contributed by atoms with Crippen molar-refractivity contribution in [3.05, 3.63) is 54.1 Å². The van der Waals surface area contributed by atoms with E-state index >= 15 is 0 Å². The Labute approximate surface area is 182 Å². The molecule has 0 radical (unpaired) electrons. The number of hydrogen-bond donors (Lipinski definition) is 3. The minimum Gasteiger partial charge on any atom is -0.326 e. The molecule has 6 nitrogen and oxygen atoms in total. The van der Waals surface area contributed by atoms with Gasteiger partial charge in [0.2, 0.25) is 11.8 Å². The monoisotopic (exact) mass is 419 g/mol. The van der Waals surface area contributed by atoms with E-state index in [0.29, 0.717) is 22.6 Å². The van der Waals surface area contributed by atoms with Gasteiger partial charge in [-0.2, -0.15) is 0 Å². The maximum absolute atomic E-state index is 12.5. The summed E-state index contributed by atoms with van der Waals surface area (Å²) in [6, 6.07) is 13.9. The third-order valence-corrected chi connectivity index (χ3v) is 6.48. The van der Waals surface area contributed by atoms with Crippen LogP contribution in [-0.4, -0.2) is 17.7 Å². The van der Waals surface area contributed by atoms with E-state index in [4.69, 9.17) is 0 Å². The van der Waals surface area contributed by atoms with Crippen LogP contribution in [0.15, 0.2) is 48.5 Å². The molecule has 0 bridgehead atoms. The van der Waals surface area contributed by atoms with E-state index in [1.807, 2.05) is 0 Å². The van der Waals surface area contributed by atoms with Crippen LogP contribution in [0.25, 0.3) is 0 Å². The van der Waals surface area contributed by atoms with Gasteiger partial charge in [0.1, 0.15) is 0 Å². The second kappa shape index (κ2) is 7.52. The van der Waals surface area contributed by atoms with Crippen LogP contribution in [0.1, 0.15) is 50.9 Å². The number of anilines is 3. The van der Waals surface area contributed by atoms with E-state index in [1.165, 1.54) is 0 Å². The molecule has 2 fully saturated rings. The molecule has 0 aromatic heterocycles. The van der Waals surface area contributed by atoms with Crippen LogP contribution < -0.4 is 16.0 Å². The molecule has 0 saturated heterocycles. The smallest absolute Gasteiger partial charge is 0.255 e. The molecule has 2 unspecified atom stereocenters. The largest absolute Gasteiger partial charge is 0.326 e. The van der Waals surface area contributed by atoms with Crippen molar-refractivity contribution in [1.29, 1.82) is 0 Å². The maximum atomic E-state index is 12.5. The van der Waals surface area contributed by atoms with Crippen LogP contribution in [0.5, 0.6) is 0 Å². The van der Waals surface area contributed by atoms with Gasteiger partial charge in [0, 0.05) is 34.5 Å². The van der Waals surface area contributed by atoms with Gasteiger partial charge in [0.05, 0.1) is 0 Å². The molecule has 2 aliphatic carbocycles. The predicted molar refractivity (Wildman–Crippen MR) is 122 cm³/mol. The molecule has 2 aromatic rings. The van der Waals surface area contributed by atoms with Gasteiger partial charge in [-0.3, -0.25) is 14.4 Å². The van der Waals surface area contributed by atoms with Crippen LogP contribution in [-0.2, 0) is 9.59 Å². The summed E-state index contributed by atoms with van der Waals surface area (Å²) in [6.07, 6.45) is 1.81. The van der Waals surface area contributed by atoms with Gasteiger partial charge in [-0.15, -0.1) is 0 Å². The Balaban J connectivity index is 1.30. The third kappa shape index (κ3) is 4.79. The van der Waals surface area contributed by atoms with Crippen LogP contribution in [0.2, 0.25) is 0 Å². The van der Waals surface area contributed by atoms with Crippen LogP contribution >= 0.6 is 0 Å². The van der Waals surface area contributed by atoms with Gasteiger partial charge >= 0.3 is 0 Å². The summed E-state index contributed by atoms with van der Waals surface area (Å²) in [6.45, 7) is 8.34. The number of amides is 3. The summed E-state index contributed by atoms with van der Waals surface area (Å²) in [5.41, 5.74) is 2.70. The Morgan fingerprint density at radius 3 is 1.32 bits per heavy atom. The second-order valence-corrected chi connectivity index (χ2v) is 10.1. The van der Waals surface area contributed by atoms with Gasteiger partial charge in [0.15, 0.2) is 0 Å². The van der Waals surface area contributed by atoms with Gasteiger partial charge in [-0.1, -0.05) is 27.7 Å². The Morgan fingerprint density at radius 2 is 0.968 bits per heavy atom. The predicted octanol–water partition coefficient (Wildman–Crippen LogP) is 4.91. The molecule has 3 N–H and O–H groups in total. The molecule has 0 spiro atoms. The molecule has 2 atom stereocenters. The van der Waals surface area contributed by atoms with Gasteiger partial charge < -0.3 is 16.0 Å². The van der Waals surface area contributed by atoms with Crippen LogP contribution in [0.4, 0.5) is 17.1 Å². The molecule has 3 amide bonds. The SMILES string of the molecule is CC1(C)CC1C(=O)Nc1ccc(NC(=O)c2ccc(NC(=O)C3CC3(C)C)cc2)cc1. The van der Waals surface area contributed by atoms with Gasteiger partial charge in [-0.25, -0.2) is 0 Å². The highest BCUT2D eigenvalue weighted by molar-refractivity contribution is 6.05. The first-order chi connectivity index (χ1) is 14.5. The zero-order valence-electron chi connectivity index (χ0n) is 18.4. The minimum atomic E-state index is -0.238. The van der Waals surface area contributed by atoms with Crippen molar-refractivity contribution in [3.8, 4) is 0 Å². The van der Waals surface area contributed by atoms with Crippen LogP contribution in [0.3, 0.4) is 0 Å². The molecule has 4 rings (SSSR count). The van der Waals surface area contributed by atoms with Gasteiger partial charge in [0.25, 0.3) is 5.91 Å². The standard InChI is InChI=1S/C25H29N3O3/c1-24(2)13-19(24)22(30)27-16-7-5-15(6-8-16)21(29)26-17-9-11-18(12-10-17)28-23(31)20-14-25(20,3)4/h5-12,19-20H,13-14H2,1-4H3,(H,26,29)(H,27,30)(H,28,31). The quantitative estimate of drug-likeness (QED) is 0.622. The van der Waals surface area contributed by atoms with Crippen molar-refractivity contribution in [2.24, 2.45) is 22.7 Å². The third-order valence-electron chi connectivity index (χ3n) is 6.48. The van der Waals surface area contributed by atoms with E-state index in [1.54, 1.807) is 48.5 Å². The van der Waals surface area contributed by atoms with Crippen molar-refractivity contribution < 1.29 is 14.4 Å². The molecule has 2 saturated carbocycles. The van der Waals surface area contributed by atoms with Gasteiger partial charge in [-0.05, 0) is 72.2 Å². The molecule has 2 aliphatic rings. The average Bonchev–Trinajstić information content (AvgIpc) is 3.57. The fourth-order valence-corrected chi connectivity index (χ4v) is 3.83. The first-order valence-corrected chi connectivity index (χ1v) is 10.7. The van der Waals surface area contributed by atoms with Crippen molar-refractivity contribution in [3.63, 3.8) is 0 Å². The summed E-state index contributed by atoms with van der Waals surface area (Å²) in [4.78, 5) is 36.9. The number of nitrogens with one attached hydrogen (secondary N) is 3. The molecular weight excluding hydrogens is 390 g/mol. The van der Waals surface area contributed by atoms with E-state index in [0.717, 1.165) is 12.8 Å². The lowest BCUT2D eigenvalue weighted by Crippen LogP contribution is -2.17. The number of hydrogen-bond acceptors (Lipinski definition) is 3. The highest BCUT2D eigenvalue weighted by Crippen LogP contribution is 2.52. The highest BCUT2D eigenvalue weighted by atomic mass is 16.2. The highest BCUT2D eigenvalue weighted by Gasteiger charge is 2.51. The molecule has 31 heavy (non-hydrogen) atoms. The fraction of sp³-hybridized carbons (Fsp3) is 0.400. The Hall–Kier alpha value is -3.15. The van der Waals surface area contributed by atoms with Crippen molar-refractivity contribution >= 4 is 34.8 Å². The fourth-order valence-electron chi connectivity index (χ4n) is 3.83. The minimum absolute atomic E-state index is 0.0274. The van der Waals surface area contributed by atoms with E-state index in [-0.39, 0.29) is 40.4 Å². The molecule has 162 valence electrons. The normalized spacial score (nSPS) is 22.2. The molecular formula is C25H29N3O3. The lowest BCUT2D eigenvalue weighted by atomic mass is 10.1. The van der Waals surface area contributed by atoms with E-state index < -0.39 is 0 Å². The second-order valence-electron chi connectivity index (χ2n) is 10.1. The first-order valence-electron chi connectivity index (χ1n) is 10.7. The zero-order valence-corrected chi connectivity index (χ0v) is 18.4. The van der Waals surface area contributed by atoms with Crippen molar-refractivity contribution in [2.75, 3.05) is 16.0 Å². The number of carbonyl (C=O) groups is 3.